The van der Waals surface area contributed by atoms with Crippen molar-refractivity contribution in [3.05, 3.63) is 60.2 Å². The van der Waals surface area contributed by atoms with Crippen molar-refractivity contribution in [3.8, 4) is 11.1 Å². The van der Waals surface area contributed by atoms with Crippen molar-refractivity contribution in [2.45, 2.75) is 0 Å². The lowest BCUT2D eigenvalue weighted by Gasteiger charge is -2.01. The lowest BCUT2D eigenvalue weighted by Crippen LogP contribution is -2.10. The van der Waals surface area contributed by atoms with Gasteiger partial charge in [-0.3, -0.25) is 4.79 Å². The highest BCUT2D eigenvalue weighted by atomic mass is 16.1. The fourth-order valence-electron chi connectivity index (χ4n) is 1.39. The highest BCUT2D eigenvalue weighted by Gasteiger charge is 2.01. The Morgan fingerprint density at radius 2 is 1.73 bits per heavy atom. The summed E-state index contributed by atoms with van der Waals surface area (Å²) in [4.78, 5) is 10.8. The van der Waals surface area contributed by atoms with Crippen molar-refractivity contribution >= 4 is 5.91 Å². The minimum atomic E-state index is -0.449. The molecule has 2 heteroatoms. The smallest absolute Gasteiger partial charge is 0.249 e. The minimum Gasteiger partial charge on any atom is -0.366 e. The number of amides is 1. The molecule has 2 aromatic carbocycles. The summed E-state index contributed by atoms with van der Waals surface area (Å²) in [6.07, 6.45) is 0. The molecule has 2 nitrogen and oxygen atoms in total. The Morgan fingerprint density at radius 3 is 2.27 bits per heavy atom. The molecule has 0 aliphatic carbocycles. The highest BCUT2D eigenvalue weighted by Crippen LogP contribution is 2.18. The van der Waals surface area contributed by atoms with Crippen LogP contribution in [0.5, 0.6) is 0 Å². The van der Waals surface area contributed by atoms with Gasteiger partial charge in [-0.25, -0.2) is 0 Å². The van der Waals surface area contributed by atoms with Gasteiger partial charge in [-0.2, -0.15) is 0 Å². The third-order valence-corrected chi connectivity index (χ3v) is 2.19. The van der Waals surface area contributed by atoms with Crippen LogP contribution in [0.4, 0.5) is 0 Å². The zero-order chi connectivity index (χ0) is 10.7. The zero-order valence-corrected chi connectivity index (χ0v) is 8.10. The maximum absolute atomic E-state index is 10.8. The van der Waals surface area contributed by atoms with Crippen LogP contribution >= 0.6 is 0 Å². The predicted molar refractivity (Wildman–Crippen MR) is 59.2 cm³/mol. The standard InChI is InChI=1S/C13H10NO/c14-13(15)12-8-6-11(7-9-12)10-4-2-1-3-5-10/h1-8H,(H2,14,15). The van der Waals surface area contributed by atoms with Crippen LogP contribution in [-0.2, 0) is 0 Å². The highest BCUT2D eigenvalue weighted by molar-refractivity contribution is 5.92. The molecule has 0 heterocycles. The third-order valence-electron chi connectivity index (χ3n) is 2.19. The Bertz CT molecular complexity index is 460. The van der Waals surface area contributed by atoms with E-state index in [9.17, 15) is 4.79 Å². The number of carbonyl (C=O) groups is 1. The summed E-state index contributed by atoms with van der Waals surface area (Å²) in [5.74, 6) is -0.449. The van der Waals surface area contributed by atoms with Crippen LogP contribution in [0, 0.1) is 6.07 Å². The second kappa shape index (κ2) is 3.96. The maximum atomic E-state index is 10.8. The van der Waals surface area contributed by atoms with Crippen LogP contribution in [0.1, 0.15) is 10.4 Å². The molecule has 0 fully saturated rings. The normalized spacial score (nSPS) is 9.87. The molecule has 2 aromatic rings. The zero-order valence-electron chi connectivity index (χ0n) is 8.10. The number of carbonyl (C=O) groups excluding carboxylic acids is 1. The van der Waals surface area contributed by atoms with E-state index >= 15 is 0 Å². The van der Waals surface area contributed by atoms with E-state index in [0.29, 0.717) is 5.56 Å². The van der Waals surface area contributed by atoms with Crippen molar-refractivity contribution in [3.63, 3.8) is 0 Å². The summed E-state index contributed by atoms with van der Waals surface area (Å²) >= 11 is 0. The first-order valence-electron chi connectivity index (χ1n) is 4.64. The molecule has 1 amide bonds. The number of nitrogens with two attached hydrogens (primary N) is 1. The Hall–Kier alpha value is -2.09. The average Bonchev–Trinajstić information content (AvgIpc) is 2.30. The second-order valence-corrected chi connectivity index (χ2v) is 3.22. The van der Waals surface area contributed by atoms with Gasteiger partial charge in [0.15, 0.2) is 0 Å². The lowest BCUT2D eigenvalue weighted by molar-refractivity contribution is 0.1000. The molecule has 2 N–H and O–H groups in total. The van der Waals surface area contributed by atoms with Gasteiger partial charge in [-0.05, 0) is 29.3 Å². The van der Waals surface area contributed by atoms with Gasteiger partial charge in [0, 0.05) is 5.56 Å². The fraction of sp³-hybridized carbons (Fsp3) is 0. The van der Waals surface area contributed by atoms with Gasteiger partial charge < -0.3 is 5.73 Å². The van der Waals surface area contributed by atoms with Gasteiger partial charge in [-0.1, -0.05) is 36.4 Å². The molecule has 73 valence electrons. The van der Waals surface area contributed by atoms with Crippen molar-refractivity contribution < 1.29 is 4.79 Å². The summed E-state index contributed by atoms with van der Waals surface area (Å²) in [6.45, 7) is 0. The van der Waals surface area contributed by atoms with Crippen LogP contribution in [0.3, 0.4) is 0 Å². The van der Waals surface area contributed by atoms with Crippen LogP contribution in [0.25, 0.3) is 11.1 Å². The summed E-state index contributed by atoms with van der Waals surface area (Å²) in [7, 11) is 0. The van der Waals surface area contributed by atoms with E-state index in [1.54, 1.807) is 12.1 Å². The molecule has 0 aromatic heterocycles. The third kappa shape index (κ3) is 2.05. The number of benzene rings is 2. The van der Waals surface area contributed by atoms with Gasteiger partial charge in [0.2, 0.25) is 5.91 Å². The van der Waals surface area contributed by atoms with E-state index in [2.05, 4.69) is 6.07 Å². The average molecular weight is 196 g/mol. The first kappa shape index (κ1) is 9.46. The summed E-state index contributed by atoms with van der Waals surface area (Å²) in [5.41, 5.74) is 7.67. The molecule has 0 atom stereocenters. The predicted octanol–water partition coefficient (Wildman–Crippen LogP) is 2.25. The van der Waals surface area contributed by atoms with Crippen LogP contribution < -0.4 is 5.73 Å². The van der Waals surface area contributed by atoms with Gasteiger partial charge >= 0.3 is 0 Å². The van der Waals surface area contributed by atoms with Gasteiger partial charge in [0.05, 0.1) is 0 Å². The molecule has 15 heavy (non-hydrogen) atoms. The number of primary amides is 1. The number of hydrogen-bond donors (Lipinski definition) is 1. The number of rotatable bonds is 2. The molecule has 0 aliphatic heterocycles. The Labute approximate surface area is 88.4 Å². The largest absolute Gasteiger partial charge is 0.366 e. The SMILES string of the molecule is NC(=O)c1[c]cc(-c2ccccc2)cc1. The first-order valence-corrected chi connectivity index (χ1v) is 4.64. The van der Waals surface area contributed by atoms with Crippen LogP contribution in [0.15, 0.2) is 48.5 Å². The molecule has 0 spiro atoms. The minimum absolute atomic E-state index is 0.412. The van der Waals surface area contributed by atoms with Crippen LogP contribution in [0.2, 0.25) is 0 Å². The fourth-order valence-corrected chi connectivity index (χ4v) is 1.39. The molecule has 0 unspecified atom stereocenters. The maximum Gasteiger partial charge on any atom is 0.249 e. The van der Waals surface area contributed by atoms with Gasteiger partial charge in [0.1, 0.15) is 0 Å². The Morgan fingerprint density at radius 1 is 1.00 bits per heavy atom. The quantitative estimate of drug-likeness (QED) is 0.786. The second-order valence-electron chi connectivity index (χ2n) is 3.22. The Balaban J connectivity index is 2.36. The Kier molecular flexibility index (Phi) is 2.50. The van der Waals surface area contributed by atoms with E-state index in [-0.39, 0.29) is 0 Å². The van der Waals surface area contributed by atoms with Crippen molar-refractivity contribution in [2.75, 3.05) is 0 Å². The van der Waals surface area contributed by atoms with E-state index in [1.165, 1.54) is 0 Å². The summed E-state index contributed by atoms with van der Waals surface area (Å²) < 4.78 is 0. The van der Waals surface area contributed by atoms with Gasteiger partial charge in [-0.15, -0.1) is 0 Å². The van der Waals surface area contributed by atoms with Crippen molar-refractivity contribution in [2.24, 2.45) is 5.73 Å². The molecule has 0 aliphatic rings. The van der Waals surface area contributed by atoms with Gasteiger partial charge in [0.25, 0.3) is 0 Å². The van der Waals surface area contributed by atoms with Crippen molar-refractivity contribution in [1.29, 1.82) is 0 Å². The van der Waals surface area contributed by atoms with Crippen molar-refractivity contribution in [1.82, 2.24) is 0 Å². The monoisotopic (exact) mass is 196 g/mol. The van der Waals surface area contributed by atoms with E-state index < -0.39 is 5.91 Å². The van der Waals surface area contributed by atoms with E-state index in [0.717, 1.165) is 11.1 Å². The topological polar surface area (TPSA) is 43.1 Å². The molecule has 2 rings (SSSR count). The molecule has 1 radical (unpaired) electrons. The molecular weight excluding hydrogens is 186 g/mol. The molecule has 0 saturated heterocycles. The van der Waals surface area contributed by atoms with Crippen LogP contribution in [-0.4, -0.2) is 5.91 Å². The number of hydrogen-bond acceptors (Lipinski definition) is 1. The summed E-state index contributed by atoms with van der Waals surface area (Å²) in [6, 6.07) is 18.1. The molecule has 0 saturated carbocycles. The van der Waals surface area contributed by atoms with E-state index in [4.69, 9.17) is 5.73 Å². The summed E-state index contributed by atoms with van der Waals surface area (Å²) in [5, 5.41) is 0. The van der Waals surface area contributed by atoms with E-state index in [1.807, 2.05) is 36.4 Å². The molecule has 0 bridgehead atoms. The first-order chi connectivity index (χ1) is 7.27. The lowest BCUT2D eigenvalue weighted by atomic mass is 10.0. The molecular formula is C13H10NO.